The minimum Gasteiger partial charge on any atom is -0.377 e. The van der Waals surface area contributed by atoms with Gasteiger partial charge in [-0.15, -0.1) is 0 Å². The van der Waals surface area contributed by atoms with Crippen LogP contribution in [0.2, 0.25) is 0 Å². The molecule has 2 N–H and O–H groups in total. The van der Waals surface area contributed by atoms with Crippen molar-refractivity contribution >= 4 is 21.5 Å². The van der Waals surface area contributed by atoms with Gasteiger partial charge < -0.3 is 15.4 Å². The fourth-order valence-corrected chi connectivity index (χ4v) is 2.09. The molecule has 0 saturated heterocycles. The third-order valence-corrected chi connectivity index (χ3v) is 4.17. The predicted octanol–water partition coefficient (Wildman–Crippen LogP) is 0.511. The quantitative estimate of drug-likeness (QED) is 0.720. The van der Waals surface area contributed by atoms with Gasteiger partial charge in [-0.2, -0.15) is 0 Å². The van der Waals surface area contributed by atoms with Crippen LogP contribution in [0, 0.1) is 0 Å². The molecule has 0 unspecified atom stereocenters. The van der Waals surface area contributed by atoms with E-state index in [9.17, 15) is 8.42 Å². The molecule has 108 valence electrons. The first-order chi connectivity index (χ1) is 9.00. The molecule has 0 atom stereocenters. The number of rotatable bonds is 8. The topological polar surface area (TPSA) is 93.2 Å². The minimum atomic E-state index is -2.97. The smallest absolute Gasteiger partial charge is 0.158 e. The highest BCUT2D eigenvalue weighted by Crippen LogP contribution is 2.11. The Labute approximate surface area is 113 Å². The molecule has 8 heteroatoms. The van der Waals surface area contributed by atoms with Crippen molar-refractivity contribution in [3.8, 4) is 0 Å². The first-order valence-corrected chi connectivity index (χ1v) is 7.81. The molecule has 1 heterocycles. The van der Waals surface area contributed by atoms with Gasteiger partial charge in [0.1, 0.15) is 18.2 Å². The minimum absolute atomic E-state index is 0.0853. The number of nitrogens with one attached hydrogen (secondary N) is 2. The zero-order valence-corrected chi connectivity index (χ0v) is 12.2. The molecule has 0 aliphatic rings. The molecule has 0 radical (unpaired) electrons. The van der Waals surface area contributed by atoms with Gasteiger partial charge >= 0.3 is 0 Å². The molecule has 0 aliphatic heterocycles. The summed E-state index contributed by atoms with van der Waals surface area (Å²) in [5.74, 6) is 2.01. The van der Waals surface area contributed by atoms with E-state index in [1.807, 2.05) is 0 Å². The van der Waals surface area contributed by atoms with Crippen molar-refractivity contribution < 1.29 is 13.2 Å². The van der Waals surface area contributed by atoms with E-state index in [4.69, 9.17) is 4.74 Å². The second kappa shape index (κ2) is 7.25. The van der Waals surface area contributed by atoms with E-state index in [1.165, 1.54) is 0 Å². The Bertz CT molecular complexity index is 505. The van der Waals surface area contributed by atoms with Crippen LogP contribution in [0.25, 0.3) is 0 Å². The van der Waals surface area contributed by atoms with E-state index in [0.29, 0.717) is 30.6 Å². The van der Waals surface area contributed by atoms with Crippen molar-refractivity contribution in [2.45, 2.75) is 13.5 Å². The summed E-state index contributed by atoms with van der Waals surface area (Å²) in [6.07, 6.45) is 0. The van der Waals surface area contributed by atoms with Crippen molar-refractivity contribution in [3.05, 3.63) is 11.9 Å². The molecule has 1 aromatic rings. The Hall–Kier alpha value is -1.41. The first-order valence-electron chi connectivity index (χ1n) is 5.99. The zero-order chi connectivity index (χ0) is 14.3. The van der Waals surface area contributed by atoms with Crippen LogP contribution in [0.5, 0.6) is 0 Å². The van der Waals surface area contributed by atoms with E-state index in [2.05, 4.69) is 20.6 Å². The van der Waals surface area contributed by atoms with Gasteiger partial charge in [0.2, 0.25) is 0 Å². The van der Waals surface area contributed by atoms with Gasteiger partial charge in [-0.05, 0) is 0 Å². The van der Waals surface area contributed by atoms with E-state index in [0.717, 1.165) is 0 Å². The number of anilines is 2. The molecule has 1 aromatic heterocycles. The Kier molecular flexibility index (Phi) is 5.97. The average Bonchev–Trinajstić information content (AvgIpc) is 2.38. The molecule has 0 saturated carbocycles. The summed E-state index contributed by atoms with van der Waals surface area (Å²) in [5, 5.41) is 5.90. The van der Waals surface area contributed by atoms with Crippen LogP contribution in [-0.4, -0.2) is 50.6 Å². The van der Waals surface area contributed by atoms with Crippen molar-refractivity contribution in [3.63, 3.8) is 0 Å². The van der Waals surface area contributed by atoms with Crippen LogP contribution in [-0.2, 0) is 21.2 Å². The molecule has 0 aliphatic carbocycles. The van der Waals surface area contributed by atoms with E-state index in [-0.39, 0.29) is 11.5 Å². The van der Waals surface area contributed by atoms with Gasteiger partial charge in [0.25, 0.3) is 0 Å². The normalized spacial score (nSPS) is 11.3. The third kappa shape index (κ3) is 5.39. The molecular weight excluding hydrogens is 268 g/mol. The first kappa shape index (κ1) is 15.6. The Morgan fingerprint density at radius 1 is 1.32 bits per heavy atom. The van der Waals surface area contributed by atoms with Crippen molar-refractivity contribution in [1.29, 1.82) is 0 Å². The summed E-state index contributed by atoms with van der Waals surface area (Å²) in [6, 6.07) is 1.72. The summed E-state index contributed by atoms with van der Waals surface area (Å²) in [5.41, 5.74) is 0. The monoisotopic (exact) mass is 288 g/mol. The molecule has 0 fully saturated rings. The number of hydrogen-bond acceptors (Lipinski definition) is 7. The van der Waals surface area contributed by atoms with Crippen LogP contribution < -0.4 is 10.6 Å². The number of sulfone groups is 1. The standard InChI is InChI=1S/C11H20N4O3S/c1-4-19(16,17)6-5-13-10-7-9(12-2)14-11(15-10)8-18-3/h7H,4-6,8H2,1-3H3,(H2,12,13,14,15). The molecule has 0 aromatic carbocycles. The van der Waals surface area contributed by atoms with Gasteiger partial charge in [0.05, 0.1) is 5.75 Å². The fourth-order valence-electron chi connectivity index (χ4n) is 1.39. The fraction of sp³-hybridized carbons (Fsp3) is 0.636. The van der Waals surface area contributed by atoms with Crippen LogP contribution in [0.15, 0.2) is 6.07 Å². The van der Waals surface area contributed by atoms with Crippen molar-refractivity contribution in [1.82, 2.24) is 9.97 Å². The average molecular weight is 288 g/mol. The van der Waals surface area contributed by atoms with Crippen LogP contribution in [0.4, 0.5) is 11.6 Å². The lowest BCUT2D eigenvalue weighted by Gasteiger charge is -2.09. The van der Waals surface area contributed by atoms with Gasteiger partial charge in [-0.3, -0.25) is 0 Å². The van der Waals surface area contributed by atoms with Crippen molar-refractivity contribution in [2.24, 2.45) is 0 Å². The van der Waals surface area contributed by atoms with E-state index < -0.39 is 9.84 Å². The maximum Gasteiger partial charge on any atom is 0.158 e. The Morgan fingerprint density at radius 2 is 2.00 bits per heavy atom. The van der Waals surface area contributed by atoms with E-state index in [1.54, 1.807) is 27.1 Å². The number of ether oxygens (including phenoxy) is 1. The summed E-state index contributed by atoms with van der Waals surface area (Å²) in [7, 11) is 0.348. The van der Waals surface area contributed by atoms with Crippen LogP contribution >= 0.6 is 0 Å². The van der Waals surface area contributed by atoms with Gasteiger partial charge in [0, 0.05) is 32.5 Å². The van der Waals surface area contributed by atoms with Gasteiger partial charge in [-0.1, -0.05) is 6.92 Å². The Balaban J connectivity index is 2.69. The lowest BCUT2D eigenvalue weighted by molar-refractivity contribution is 0.178. The highest BCUT2D eigenvalue weighted by molar-refractivity contribution is 7.91. The predicted molar refractivity (Wildman–Crippen MR) is 75.1 cm³/mol. The Morgan fingerprint density at radius 3 is 2.58 bits per heavy atom. The maximum absolute atomic E-state index is 11.4. The molecule has 1 rings (SSSR count). The molecular formula is C11H20N4O3S. The zero-order valence-electron chi connectivity index (χ0n) is 11.4. The summed E-state index contributed by atoms with van der Waals surface area (Å²) in [4.78, 5) is 8.44. The number of nitrogens with zero attached hydrogens (tertiary/aromatic N) is 2. The summed E-state index contributed by atoms with van der Waals surface area (Å²) < 4.78 is 27.7. The maximum atomic E-state index is 11.4. The van der Waals surface area contributed by atoms with Crippen LogP contribution in [0.1, 0.15) is 12.7 Å². The third-order valence-electron chi connectivity index (χ3n) is 2.46. The lowest BCUT2D eigenvalue weighted by Crippen LogP contribution is -2.18. The molecule has 7 nitrogen and oxygen atoms in total. The van der Waals surface area contributed by atoms with Crippen LogP contribution in [0.3, 0.4) is 0 Å². The molecule has 0 amide bonds. The highest BCUT2D eigenvalue weighted by atomic mass is 32.2. The molecule has 19 heavy (non-hydrogen) atoms. The second-order valence-corrected chi connectivity index (χ2v) is 6.37. The summed E-state index contributed by atoms with van der Waals surface area (Å²) in [6.45, 7) is 2.26. The molecule has 0 spiro atoms. The largest absolute Gasteiger partial charge is 0.377 e. The molecule has 0 bridgehead atoms. The SMILES string of the molecule is CCS(=O)(=O)CCNc1cc(NC)nc(COC)n1. The number of methoxy groups -OCH3 is 1. The summed E-state index contributed by atoms with van der Waals surface area (Å²) >= 11 is 0. The van der Waals surface area contributed by atoms with Crippen molar-refractivity contribution in [2.75, 3.05) is 42.8 Å². The van der Waals surface area contributed by atoms with Gasteiger partial charge in [0.15, 0.2) is 15.7 Å². The number of aromatic nitrogens is 2. The second-order valence-electron chi connectivity index (χ2n) is 3.90. The number of hydrogen-bond donors (Lipinski definition) is 2. The highest BCUT2D eigenvalue weighted by Gasteiger charge is 2.08. The van der Waals surface area contributed by atoms with E-state index >= 15 is 0 Å². The lowest BCUT2D eigenvalue weighted by atomic mass is 10.4. The van der Waals surface area contributed by atoms with Gasteiger partial charge in [-0.25, -0.2) is 18.4 Å².